The van der Waals surface area contributed by atoms with Gasteiger partial charge in [-0.05, 0) is 44.8 Å². The summed E-state index contributed by atoms with van der Waals surface area (Å²) < 4.78 is 5.22. The van der Waals surface area contributed by atoms with Crippen LogP contribution in [0.3, 0.4) is 0 Å². The summed E-state index contributed by atoms with van der Waals surface area (Å²) in [5.41, 5.74) is 0. The van der Waals surface area contributed by atoms with E-state index < -0.39 is 0 Å². The molecule has 102 valence electrons. The van der Waals surface area contributed by atoms with Gasteiger partial charge in [0.2, 0.25) is 0 Å². The maximum atomic E-state index is 5.22. The zero-order valence-electron chi connectivity index (χ0n) is 11.7. The minimum Gasteiger partial charge on any atom is -0.384 e. The number of methoxy groups -OCH3 is 1. The molecule has 0 spiro atoms. The van der Waals surface area contributed by atoms with Crippen LogP contribution in [0.2, 0.25) is 0 Å². The fraction of sp³-hybridized carbons (Fsp3) is 1.00. The van der Waals surface area contributed by atoms with E-state index in [1.807, 2.05) is 7.11 Å². The van der Waals surface area contributed by atoms with Gasteiger partial charge >= 0.3 is 0 Å². The summed E-state index contributed by atoms with van der Waals surface area (Å²) in [4.78, 5) is 2.58. The fourth-order valence-electron chi connectivity index (χ4n) is 2.47. The van der Waals surface area contributed by atoms with Crippen molar-refractivity contribution in [2.75, 3.05) is 46.4 Å². The summed E-state index contributed by atoms with van der Waals surface area (Å²) in [5, 5.41) is 3.54. The van der Waals surface area contributed by atoms with Gasteiger partial charge in [-0.2, -0.15) is 0 Å². The molecule has 0 aromatic carbocycles. The first-order chi connectivity index (χ1) is 8.36. The average molecular weight is 242 g/mol. The first-order valence-electron chi connectivity index (χ1n) is 7.28. The van der Waals surface area contributed by atoms with Crippen molar-refractivity contribution in [3.05, 3.63) is 0 Å². The molecule has 1 N–H and O–H groups in total. The smallest absolute Gasteiger partial charge is 0.0491 e. The first kappa shape index (κ1) is 14.9. The monoisotopic (exact) mass is 242 g/mol. The van der Waals surface area contributed by atoms with Crippen molar-refractivity contribution in [1.82, 2.24) is 10.2 Å². The highest BCUT2D eigenvalue weighted by molar-refractivity contribution is 4.72. The van der Waals surface area contributed by atoms with Crippen molar-refractivity contribution in [2.24, 2.45) is 5.92 Å². The Balaban J connectivity index is 1.91. The van der Waals surface area contributed by atoms with Crippen LogP contribution in [0.5, 0.6) is 0 Å². The normalized spacial score (nSPS) is 18.7. The summed E-state index contributed by atoms with van der Waals surface area (Å²) in [7, 11) is 1.81. The second-order valence-electron chi connectivity index (χ2n) is 5.20. The van der Waals surface area contributed by atoms with Crippen molar-refractivity contribution in [1.29, 1.82) is 0 Å². The zero-order valence-corrected chi connectivity index (χ0v) is 11.7. The van der Waals surface area contributed by atoms with E-state index in [9.17, 15) is 0 Å². The third-order valence-electron chi connectivity index (χ3n) is 3.67. The Labute approximate surface area is 107 Å². The van der Waals surface area contributed by atoms with E-state index in [1.165, 1.54) is 58.3 Å². The van der Waals surface area contributed by atoms with Gasteiger partial charge in [-0.25, -0.2) is 0 Å². The number of nitrogens with zero attached hydrogens (tertiary/aromatic N) is 1. The molecule has 0 amide bonds. The SMILES string of the molecule is CCCCCNCCN1CCC(COC)CC1. The van der Waals surface area contributed by atoms with E-state index in [4.69, 9.17) is 4.74 Å². The van der Waals surface area contributed by atoms with Crippen LogP contribution in [0.15, 0.2) is 0 Å². The molecule has 1 rings (SSSR count). The van der Waals surface area contributed by atoms with Gasteiger partial charge in [-0.15, -0.1) is 0 Å². The van der Waals surface area contributed by atoms with Gasteiger partial charge in [0.05, 0.1) is 0 Å². The molecule has 1 saturated heterocycles. The lowest BCUT2D eigenvalue weighted by Crippen LogP contribution is -2.39. The Hall–Kier alpha value is -0.120. The number of hydrogen-bond acceptors (Lipinski definition) is 3. The maximum absolute atomic E-state index is 5.22. The van der Waals surface area contributed by atoms with Crippen LogP contribution < -0.4 is 5.32 Å². The summed E-state index contributed by atoms with van der Waals surface area (Å²) in [6.45, 7) is 9.26. The number of likely N-dealkylation sites (tertiary alicyclic amines) is 1. The molecule has 1 aliphatic rings. The highest BCUT2D eigenvalue weighted by Crippen LogP contribution is 2.16. The number of unbranched alkanes of at least 4 members (excludes halogenated alkanes) is 2. The van der Waals surface area contributed by atoms with E-state index in [0.717, 1.165) is 19.1 Å². The Morgan fingerprint density at radius 3 is 2.59 bits per heavy atom. The van der Waals surface area contributed by atoms with Crippen LogP contribution in [0.25, 0.3) is 0 Å². The van der Waals surface area contributed by atoms with Crippen molar-refractivity contribution in [3.8, 4) is 0 Å². The third kappa shape index (κ3) is 7.02. The Morgan fingerprint density at radius 1 is 1.18 bits per heavy atom. The molecule has 0 aliphatic carbocycles. The number of rotatable bonds is 9. The summed E-state index contributed by atoms with van der Waals surface area (Å²) in [6.07, 6.45) is 6.61. The van der Waals surface area contributed by atoms with Crippen molar-refractivity contribution < 1.29 is 4.74 Å². The van der Waals surface area contributed by atoms with Gasteiger partial charge in [-0.3, -0.25) is 0 Å². The molecule has 0 bridgehead atoms. The quantitative estimate of drug-likeness (QED) is 0.627. The molecule has 1 fully saturated rings. The largest absolute Gasteiger partial charge is 0.384 e. The van der Waals surface area contributed by atoms with Crippen LogP contribution >= 0.6 is 0 Å². The molecule has 1 aliphatic heterocycles. The molecular formula is C14H30N2O. The van der Waals surface area contributed by atoms with Gasteiger partial charge in [-0.1, -0.05) is 19.8 Å². The van der Waals surface area contributed by atoms with Gasteiger partial charge < -0.3 is 15.0 Å². The second kappa shape index (κ2) is 9.86. The molecule has 17 heavy (non-hydrogen) atoms. The molecule has 0 unspecified atom stereocenters. The fourth-order valence-corrected chi connectivity index (χ4v) is 2.47. The second-order valence-corrected chi connectivity index (χ2v) is 5.20. The highest BCUT2D eigenvalue weighted by atomic mass is 16.5. The van der Waals surface area contributed by atoms with Crippen molar-refractivity contribution >= 4 is 0 Å². The molecular weight excluding hydrogens is 212 g/mol. The number of nitrogens with one attached hydrogen (secondary N) is 1. The average Bonchev–Trinajstić information content (AvgIpc) is 2.36. The van der Waals surface area contributed by atoms with Gasteiger partial charge in [0, 0.05) is 26.8 Å². The standard InChI is InChI=1S/C14H30N2O/c1-3-4-5-8-15-9-12-16-10-6-14(7-11-16)13-17-2/h14-15H,3-13H2,1-2H3. The molecule has 0 aromatic heterocycles. The van der Waals surface area contributed by atoms with Crippen LogP contribution in [0.4, 0.5) is 0 Å². The van der Waals surface area contributed by atoms with E-state index >= 15 is 0 Å². The number of hydrogen-bond donors (Lipinski definition) is 1. The molecule has 0 saturated carbocycles. The molecule has 0 aromatic rings. The highest BCUT2D eigenvalue weighted by Gasteiger charge is 2.18. The molecule has 0 radical (unpaired) electrons. The third-order valence-corrected chi connectivity index (χ3v) is 3.67. The minimum absolute atomic E-state index is 0.800. The van der Waals surface area contributed by atoms with Crippen LogP contribution in [0, 0.1) is 5.92 Å². The Bertz CT molecular complexity index is 168. The Kier molecular flexibility index (Phi) is 8.67. The van der Waals surface area contributed by atoms with Crippen molar-refractivity contribution in [2.45, 2.75) is 39.0 Å². The maximum Gasteiger partial charge on any atom is 0.0491 e. The predicted octanol–water partition coefficient (Wildman–Crippen LogP) is 2.12. The Morgan fingerprint density at radius 2 is 1.94 bits per heavy atom. The minimum atomic E-state index is 0.800. The lowest BCUT2D eigenvalue weighted by atomic mass is 9.98. The zero-order chi connectivity index (χ0) is 12.3. The predicted molar refractivity (Wildman–Crippen MR) is 73.4 cm³/mol. The van der Waals surface area contributed by atoms with Gasteiger partial charge in [0.25, 0.3) is 0 Å². The molecule has 3 nitrogen and oxygen atoms in total. The van der Waals surface area contributed by atoms with Crippen LogP contribution in [-0.4, -0.2) is 51.3 Å². The lowest BCUT2D eigenvalue weighted by Gasteiger charge is -2.31. The van der Waals surface area contributed by atoms with Crippen LogP contribution in [0.1, 0.15) is 39.0 Å². The lowest BCUT2D eigenvalue weighted by molar-refractivity contribution is 0.0999. The van der Waals surface area contributed by atoms with Crippen molar-refractivity contribution in [3.63, 3.8) is 0 Å². The molecule has 3 heteroatoms. The topological polar surface area (TPSA) is 24.5 Å². The van der Waals surface area contributed by atoms with Crippen LogP contribution in [-0.2, 0) is 4.74 Å². The van der Waals surface area contributed by atoms with E-state index in [-0.39, 0.29) is 0 Å². The van der Waals surface area contributed by atoms with Gasteiger partial charge in [0.15, 0.2) is 0 Å². The summed E-state index contributed by atoms with van der Waals surface area (Å²) in [5.74, 6) is 0.800. The van der Waals surface area contributed by atoms with E-state index in [1.54, 1.807) is 0 Å². The molecule has 1 heterocycles. The summed E-state index contributed by atoms with van der Waals surface area (Å²) >= 11 is 0. The number of piperidine rings is 1. The van der Waals surface area contributed by atoms with Gasteiger partial charge in [0.1, 0.15) is 0 Å². The van der Waals surface area contributed by atoms with E-state index in [0.29, 0.717) is 0 Å². The molecule has 0 atom stereocenters. The summed E-state index contributed by atoms with van der Waals surface area (Å²) in [6, 6.07) is 0. The number of ether oxygens (including phenoxy) is 1. The van der Waals surface area contributed by atoms with E-state index in [2.05, 4.69) is 17.1 Å². The first-order valence-corrected chi connectivity index (χ1v) is 7.28.